The molecule has 0 radical (unpaired) electrons. The molecule has 0 aromatic heterocycles. The Kier molecular flexibility index (Phi) is 4.39. The van der Waals surface area contributed by atoms with Gasteiger partial charge >= 0.3 is 6.03 Å². The lowest BCUT2D eigenvalue weighted by atomic mass is 10.3. The van der Waals surface area contributed by atoms with E-state index in [-0.39, 0.29) is 0 Å². The third-order valence-corrected chi connectivity index (χ3v) is 3.47. The van der Waals surface area contributed by atoms with E-state index >= 15 is 0 Å². The van der Waals surface area contributed by atoms with Crippen LogP contribution in [0.4, 0.5) is 20.6 Å². The summed E-state index contributed by atoms with van der Waals surface area (Å²) in [4.78, 5) is 11.7. The van der Waals surface area contributed by atoms with Crippen LogP contribution in [0.1, 0.15) is 0 Å². The second-order valence-electron chi connectivity index (χ2n) is 3.72. The van der Waals surface area contributed by atoms with Crippen molar-refractivity contribution >= 4 is 44.9 Å². The molecule has 0 aliphatic carbocycles. The topological polar surface area (TPSA) is 41.1 Å². The van der Waals surface area contributed by atoms with Crippen molar-refractivity contribution < 1.29 is 9.18 Å². The molecule has 0 fully saturated rings. The summed E-state index contributed by atoms with van der Waals surface area (Å²) in [7, 11) is 0. The summed E-state index contributed by atoms with van der Waals surface area (Å²) < 4.78 is 13.6. The second kappa shape index (κ2) is 6.04. The van der Waals surface area contributed by atoms with Crippen molar-refractivity contribution in [3.8, 4) is 0 Å². The quantitative estimate of drug-likeness (QED) is 0.801. The first kappa shape index (κ1) is 13.8. The Morgan fingerprint density at radius 2 is 1.79 bits per heavy atom. The Hall–Kier alpha value is -1.59. The molecule has 2 N–H and O–H groups in total. The highest BCUT2D eigenvalue weighted by molar-refractivity contribution is 9.10. The number of hydrogen-bond acceptors (Lipinski definition) is 1. The fraction of sp³-hybridized carbons (Fsp3) is 0. The van der Waals surface area contributed by atoms with Crippen molar-refractivity contribution in [1.29, 1.82) is 0 Å². The Balaban J connectivity index is 2.03. The Morgan fingerprint density at radius 3 is 2.42 bits per heavy atom. The molecule has 19 heavy (non-hydrogen) atoms. The first-order chi connectivity index (χ1) is 9.04. The number of halogens is 3. The highest BCUT2D eigenvalue weighted by Gasteiger charge is 2.05. The molecule has 3 nitrogen and oxygen atoms in total. The van der Waals surface area contributed by atoms with Crippen LogP contribution < -0.4 is 10.6 Å². The standard InChI is InChI=1S/C13H9BrClFN2O/c14-11-7-10(4-5-12(11)15)18-13(19)17-9-3-1-2-8(16)6-9/h1-7H,(H2,17,18,19). The fourth-order valence-corrected chi connectivity index (χ4v) is 1.93. The normalized spacial score (nSPS) is 10.1. The molecule has 2 aromatic rings. The van der Waals surface area contributed by atoms with Crippen molar-refractivity contribution in [2.45, 2.75) is 0 Å². The minimum absolute atomic E-state index is 0.380. The highest BCUT2D eigenvalue weighted by Crippen LogP contribution is 2.25. The molecule has 6 heteroatoms. The SMILES string of the molecule is O=C(Nc1cccc(F)c1)Nc1ccc(Cl)c(Br)c1. The number of nitrogens with one attached hydrogen (secondary N) is 2. The van der Waals surface area contributed by atoms with Crippen molar-refractivity contribution in [2.75, 3.05) is 10.6 Å². The number of anilines is 2. The Labute approximate surface area is 122 Å². The average Bonchev–Trinajstić information content (AvgIpc) is 2.34. The first-order valence-corrected chi connectivity index (χ1v) is 6.50. The van der Waals surface area contributed by atoms with Crippen LogP contribution in [0.25, 0.3) is 0 Å². The van der Waals surface area contributed by atoms with Crippen LogP contribution in [0.15, 0.2) is 46.9 Å². The summed E-state index contributed by atoms with van der Waals surface area (Å²) in [5.74, 6) is -0.410. The lowest BCUT2D eigenvalue weighted by molar-refractivity contribution is 0.262. The molecule has 2 rings (SSSR count). The van der Waals surface area contributed by atoms with Crippen LogP contribution in [-0.4, -0.2) is 6.03 Å². The Morgan fingerprint density at radius 1 is 1.11 bits per heavy atom. The zero-order valence-electron chi connectivity index (χ0n) is 9.58. The minimum atomic E-state index is -0.458. The number of urea groups is 1. The third-order valence-electron chi connectivity index (χ3n) is 2.26. The molecule has 0 spiro atoms. The first-order valence-electron chi connectivity index (χ1n) is 5.33. The molecular weight excluding hydrogens is 335 g/mol. The number of amides is 2. The second-order valence-corrected chi connectivity index (χ2v) is 4.98. The third kappa shape index (κ3) is 3.94. The highest BCUT2D eigenvalue weighted by atomic mass is 79.9. The van der Waals surface area contributed by atoms with Crippen molar-refractivity contribution in [2.24, 2.45) is 0 Å². The maximum Gasteiger partial charge on any atom is 0.323 e. The fourth-order valence-electron chi connectivity index (χ4n) is 1.43. The number of hydrogen-bond donors (Lipinski definition) is 2. The molecule has 0 saturated heterocycles. The number of rotatable bonds is 2. The maximum absolute atomic E-state index is 12.9. The predicted molar refractivity (Wildman–Crippen MR) is 78.2 cm³/mol. The van der Waals surface area contributed by atoms with Gasteiger partial charge in [-0.15, -0.1) is 0 Å². The van der Waals surface area contributed by atoms with Crippen LogP contribution in [0.3, 0.4) is 0 Å². The zero-order valence-corrected chi connectivity index (χ0v) is 11.9. The number of carbonyl (C=O) groups excluding carboxylic acids is 1. The van der Waals surface area contributed by atoms with Crippen LogP contribution >= 0.6 is 27.5 Å². The van der Waals surface area contributed by atoms with Gasteiger partial charge in [-0.1, -0.05) is 17.7 Å². The molecule has 0 heterocycles. The van der Waals surface area contributed by atoms with E-state index in [2.05, 4.69) is 26.6 Å². The smallest absolute Gasteiger partial charge is 0.308 e. The zero-order chi connectivity index (χ0) is 13.8. The van der Waals surface area contributed by atoms with Crippen LogP contribution in [0.2, 0.25) is 5.02 Å². The molecule has 0 aliphatic heterocycles. The Bertz CT molecular complexity index is 621. The van der Waals surface area contributed by atoms with E-state index < -0.39 is 11.8 Å². The van der Waals surface area contributed by atoms with Gasteiger partial charge in [-0.3, -0.25) is 0 Å². The van der Waals surface area contributed by atoms with Gasteiger partial charge in [0.05, 0.1) is 5.02 Å². The van der Waals surface area contributed by atoms with E-state index in [9.17, 15) is 9.18 Å². The van der Waals surface area contributed by atoms with Gasteiger partial charge in [-0.05, 0) is 52.3 Å². The van der Waals surface area contributed by atoms with Crippen molar-refractivity contribution in [3.05, 3.63) is 57.8 Å². The summed E-state index contributed by atoms with van der Waals surface area (Å²) in [6.07, 6.45) is 0. The van der Waals surface area contributed by atoms with E-state index in [1.165, 1.54) is 18.2 Å². The lowest BCUT2D eigenvalue weighted by Gasteiger charge is -2.08. The summed E-state index contributed by atoms with van der Waals surface area (Å²) in [6, 6.07) is 10.2. The van der Waals surface area contributed by atoms with Gasteiger partial charge in [0, 0.05) is 15.8 Å². The van der Waals surface area contributed by atoms with Gasteiger partial charge in [0.25, 0.3) is 0 Å². The molecule has 0 unspecified atom stereocenters. The van der Waals surface area contributed by atoms with Crippen LogP contribution in [0, 0.1) is 5.82 Å². The number of benzene rings is 2. The molecule has 2 aromatic carbocycles. The average molecular weight is 344 g/mol. The van der Waals surface area contributed by atoms with Crippen LogP contribution in [0.5, 0.6) is 0 Å². The molecule has 0 aliphatic rings. The van der Waals surface area contributed by atoms with E-state index in [0.29, 0.717) is 20.9 Å². The monoisotopic (exact) mass is 342 g/mol. The number of carbonyl (C=O) groups is 1. The predicted octanol–water partition coefficient (Wildman–Crippen LogP) is 4.89. The van der Waals surface area contributed by atoms with Gasteiger partial charge in [-0.25, -0.2) is 9.18 Å². The van der Waals surface area contributed by atoms with Gasteiger partial charge in [0.1, 0.15) is 5.82 Å². The maximum atomic E-state index is 12.9. The largest absolute Gasteiger partial charge is 0.323 e. The van der Waals surface area contributed by atoms with E-state index in [1.54, 1.807) is 24.3 Å². The van der Waals surface area contributed by atoms with Gasteiger partial charge in [0.2, 0.25) is 0 Å². The van der Waals surface area contributed by atoms with Gasteiger partial charge in [-0.2, -0.15) is 0 Å². The molecule has 2 amide bonds. The van der Waals surface area contributed by atoms with E-state index in [0.717, 1.165) is 0 Å². The summed E-state index contributed by atoms with van der Waals surface area (Å²) in [5.41, 5.74) is 0.954. The molecule has 0 atom stereocenters. The van der Waals surface area contributed by atoms with E-state index in [1.807, 2.05) is 0 Å². The van der Waals surface area contributed by atoms with Crippen LogP contribution in [-0.2, 0) is 0 Å². The van der Waals surface area contributed by atoms with E-state index in [4.69, 9.17) is 11.6 Å². The lowest BCUT2D eigenvalue weighted by Crippen LogP contribution is -2.19. The molecule has 0 saturated carbocycles. The molecule has 0 bridgehead atoms. The minimum Gasteiger partial charge on any atom is -0.308 e. The summed E-state index contributed by atoms with van der Waals surface area (Å²) in [5, 5.41) is 5.70. The van der Waals surface area contributed by atoms with Crippen molar-refractivity contribution in [1.82, 2.24) is 0 Å². The summed E-state index contributed by atoms with van der Waals surface area (Å²) in [6.45, 7) is 0. The summed E-state index contributed by atoms with van der Waals surface area (Å²) >= 11 is 9.11. The van der Waals surface area contributed by atoms with Gasteiger partial charge < -0.3 is 10.6 Å². The van der Waals surface area contributed by atoms with Crippen molar-refractivity contribution in [3.63, 3.8) is 0 Å². The molecule has 98 valence electrons. The van der Waals surface area contributed by atoms with Gasteiger partial charge in [0.15, 0.2) is 0 Å². The molecular formula is C13H9BrClFN2O.